The Morgan fingerprint density at radius 1 is 1.08 bits per heavy atom. The third kappa shape index (κ3) is 9.71. The van der Waals surface area contributed by atoms with Crippen molar-refractivity contribution >= 4 is 23.3 Å². The molecule has 0 radical (unpaired) electrons. The largest absolute Gasteiger partial charge is 0.390 e. The van der Waals surface area contributed by atoms with E-state index < -0.39 is 18.2 Å². The lowest BCUT2D eigenvalue weighted by atomic mass is 9.95. The number of methoxy groups -OCH3 is 1. The number of nitrogens with two attached hydrogens (primary N) is 1. The van der Waals surface area contributed by atoms with Crippen LogP contribution in [-0.4, -0.2) is 86.8 Å². The van der Waals surface area contributed by atoms with E-state index >= 15 is 0 Å². The Balaban J connectivity index is 1.26. The molecule has 0 spiro atoms. The van der Waals surface area contributed by atoms with Gasteiger partial charge in [0, 0.05) is 50.4 Å². The molecule has 11 nitrogen and oxygen atoms in total. The van der Waals surface area contributed by atoms with Gasteiger partial charge in [0.25, 0.3) is 0 Å². The second-order valence-corrected chi connectivity index (χ2v) is 13.5. The molecular weight excluding hydrogens is 639 g/mol. The maximum absolute atomic E-state index is 14.1. The second kappa shape index (κ2) is 17.5. The highest BCUT2D eigenvalue weighted by molar-refractivity contribution is 7.09. The summed E-state index contributed by atoms with van der Waals surface area (Å²) in [5.74, 6) is 6.05. The number of nitrogens with one attached hydrogen (secondary N) is 1. The number of hydrogen-bond acceptors (Lipinski definition) is 9. The quantitative estimate of drug-likeness (QED) is 0.109. The minimum atomic E-state index is -0.976. The Kier molecular flexibility index (Phi) is 12.9. The third-order valence-electron chi connectivity index (χ3n) is 8.95. The minimum Gasteiger partial charge on any atom is -0.390 e. The molecule has 4 aromatic rings. The molecule has 3 amide bonds. The molecule has 12 heteroatoms. The van der Waals surface area contributed by atoms with Crippen LogP contribution in [0.1, 0.15) is 42.1 Å². The van der Waals surface area contributed by atoms with Crippen molar-refractivity contribution in [3.05, 3.63) is 106 Å². The van der Waals surface area contributed by atoms with E-state index in [2.05, 4.69) is 15.3 Å². The number of benzene rings is 2. The summed E-state index contributed by atoms with van der Waals surface area (Å²) in [5, 5.41) is 19.1. The summed E-state index contributed by atoms with van der Waals surface area (Å²) in [4.78, 5) is 40.2. The molecule has 4 N–H and O–H groups in total. The molecule has 3 heterocycles. The Morgan fingerprint density at radius 2 is 1.84 bits per heavy atom. The van der Waals surface area contributed by atoms with Gasteiger partial charge in [0.2, 0.25) is 5.91 Å². The molecule has 1 fully saturated rings. The van der Waals surface area contributed by atoms with Crippen LogP contribution in [0.25, 0.3) is 11.3 Å². The summed E-state index contributed by atoms with van der Waals surface area (Å²) >= 11 is 1.50. The summed E-state index contributed by atoms with van der Waals surface area (Å²) in [6, 6.07) is 22.0. The van der Waals surface area contributed by atoms with E-state index in [0.717, 1.165) is 33.1 Å². The van der Waals surface area contributed by atoms with E-state index in [1.807, 2.05) is 92.0 Å². The first-order valence-corrected chi connectivity index (χ1v) is 17.6. The van der Waals surface area contributed by atoms with Gasteiger partial charge in [-0.2, -0.15) is 0 Å². The minimum absolute atomic E-state index is 0.105. The molecule has 5 rings (SSSR count). The van der Waals surface area contributed by atoms with Crippen LogP contribution in [0, 0.1) is 5.92 Å². The van der Waals surface area contributed by atoms with Crippen LogP contribution in [0.3, 0.4) is 0 Å². The Morgan fingerprint density at radius 3 is 2.53 bits per heavy atom. The zero-order valence-electron chi connectivity index (χ0n) is 28.4. The number of pyridine rings is 1. The average Bonchev–Trinajstić information content (AvgIpc) is 3.71. The number of carbonyl (C=O) groups is 2. The fourth-order valence-corrected chi connectivity index (χ4v) is 6.90. The normalized spacial score (nSPS) is 15.8. The number of hydrogen-bond donors (Lipinski definition) is 3. The molecule has 1 aliphatic rings. The Labute approximate surface area is 292 Å². The number of carbonyl (C=O) groups excluding carboxylic acids is 2. The van der Waals surface area contributed by atoms with Gasteiger partial charge in [-0.15, -0.1) is 11.3 Å². The first kappa shape index (κ1) is 36.1. The average molecular weight is 686 g/mol. The highest BCUT2D eigenvalue weighted by Gasteiger charge is 2.41. The fourth-order valence-electron chi connectivity index (χ4n) is 6.14. The van der Waals surface area contributed by atoms with E-state index in [9.17, 15) is 14.7 Å². The fraction of sp³-hybridized carbons (Fsp3) is 0.405. The van der Waals surface area contributed by atoms with Crippen molar-refractivity contribution in [2.24, 2.45) is 11.8 Å². The monoisotopic (exact) mass is 685 g/mol. The predicted octanol–water partition coefficient (Wildman–Crippen LogP) is 4.47. The smallest absolute Gasteiger partial charge is 0.321 e. The van der Waals surface area contributed by atoms with Crippen molar-refractivity contribution in [3.8, 4) is 11.3 Å². The number of hydrazine groups is 1. The van der Waals surface area contributed by atoms with E-state index in [1.54, 1.807) is 28.1 Å². The molecule has 2 aromatic heterocycles. The molecule has 0 bridgehead atoms. The Bertz CT molecular complexity index is 1620. The summed E-state index contributed by atoms with van der Waals surface area (Å²) in [6.45, 7) is 6.27. The number of nitrogens with zero attached hydrogens (tertiary/aromatic N) is 5. The third-order valence-corrected chi connectivity index (χ3v) is 9.82. The number of urea groups is 1. The van der Waals surface area contributed by atoms with Gasteiger partial charge >= 0.3 is 6.03 Å². The Hall–Kier alpha value is -4.20. The van der Waals surface area contributed by atoms with Crippen molar-refractivity contribution in [2.45, 2.75) is 64.6 Å². The lowest BCUT2D eigenvalue weighted by Crippen LogP contribution is -2.57. The van der Waals surface area contributed by atoms with Gasteiger partial charge in [-0.25, -0.2) is 14.8 Å². The first-order valence-electron chi connectivity index (χ1n) is 16.8. The highest BCUT2D eigenvalue weighted by atomic mass is 32.1. The topological polar surface area (TPSA) is 137 Å². The van der Waals surface area contributed by atoms with E-state index in [0.29, 0.717) is 45.6 Å². The van der Waals surface area contributed by atoms with Gasteiger partial charge in [-0.3, -0.25) is 15.6 Å². The molecule has 2 unspecified atom stereocenters. The molecule has 0 aliphatic carbocycles. The summed E-state index contributed by atoms with van der Waals surface area (Å²) in [7, 11) is 1.63. The van der Waals surface area contributed by atoms with Crippen molar-refractivity contribution in [1.29, 1.82) is 0 Å². The van der Waals surface area contributed by atoms with Crippen LogP contribution in [-0.2, 0) is 35.6 Å². The molecular formula is C37H47N7O4S. The van der Waals surface area contributed by atoms with Gasteiger partial charge < -0.3 is 25.0 Å². The van der Waals surface area contributed by atoms with E-state index in [4.69, 9.17) is 10.6 Å². The summed E-state index contributed by atoms with van der Waals surface area (Å²) in [6.07, 6.45) is 1.90. The SMILES string of the molecule is CCC(C)C(C(=O)N[C@@H](Cc1ccccc1)[C@@H](O)CN(N)Cc1ccc(-c2ccccn2)cc1)N1CCN(Cc2csc(COC)n2)C1=O. The van der Waals surface area contributed by atoms with Gasteiger partial charge in [0.1, 0.15) is 11.0 Å². The lowest BCUT2D eigenvalue weighted by molar-refractivity contribution is -0.128. The lowest BCUT2D eigenvalue weighted by Gasteiger charge is -2.34. The number of aliphatic hydroxyl groups is 1. The number of thiazole rings is 1. The summed E-state index contributed by atoms with van der Waals surface area (Å²) < 4.78 is 5.18. The predicted molar refractivity (Wildman–Crippen MR) is 191 cm³/mol. The van der Waals surface area contributed by atoms with E-state index in [-0.39, 0.29) is 24.4 Å². The summed E-state index contributed by atoms with van der Waals surface area (Å²) in [5.41, 5.74) is 4.66. The maximum Gasteiger partial charge on any atom is 0.321 e. The van der Waals surface area contributed by atoms with Gasteiger partial charge in [-0.05, 0) is 35.6 Å². The maximum atomic E-state index is 14.1. The zero-order valence-corrected chi connectivity index (χ0v) is 29.3. The van der Waals surface area contributed by atoms with Crippen LogP contribution in [0.2, 0.25) is 0 Å². The van der Waals surface area contributed by atoms with Crippen LogP contribution < -0.4 is 11.2 Å². The van der Waals surface area contributed by atoms with Crippen LogP contribution >= 0.6 is 11.3 Å². The van der Waals surface area contributed by atoms with Crippen molar-refractivity contribution in [2.75, 3.05) is 26.7 Å². The second-order valence-electron chi connectivity index (χ2n) is 12.6. The number of aromatic nitrogens is 2. The first-order chi connectivity index (χ1) is 23.7. The number of ether oxygens (including phenoxy) is 1. The van der Waals surface area contributed by atoms with Crippen LogP contribution in [0.15, 0.2) is 84.4 Å². The molecule has 1 aliphatic heterocycles. The zero-order chi connectivity index (χ0) is 34.8. The van der Waals surface area contributed by atoms with Crippen molar-refractivity contribution in [1.82, 2.24) is 30.1 Å². The molecule has 0 saturated carbocycles. The highest BCUT2D eigenvalue weighted by Crippen LogP contribution is 2.24. The van der Waals surface area contributed by atoms with E-state index in [1.165, 1.54) is 11.3 Å². The van der Waals surface area contributed by atoms with Crippen LogP contribution in [0.5, 0.6) is 0 Å². The van der Waals surface area contributed by atoms with Crippen LogP contribution in [0.4, 0.5) is 4.79 Å². The van der Waals surface area contributed by atoms with Crippen molar-refractivity contribution in [3.63, 3.8) is 0 Å². The van der Waals surface area contributed by atoms with Gasteiger partial charge in [-0.1, -0.05) is 80.9 Å². The van der Waals surface area contributed by atoms with Gasteiger partial charge in [0.15, 0.2) is 0 Å². The standard InChI is InChI=1S/C37H47N7O4S/c1-4-26(2)35(44-19-18-42(37(44)47)22-30-25-49-34(40-30)24-48-3)36(46)41-32(20-27-10-6-5-7-11-27)33(45)23-43(38)21-28-13-15-29(16-14-28)31-12-8-9-17-39-31/h5-17,25-26,32-33,35,45H,4,18-24,38H2,1-3H3,(H,41,46)/t26?,32-,33-,35?/m0/s1. The number of rotatable bonds is 17. The molecule has 2 aromatic carbocycles. The molecule has 1 saturated heterocycles. The molecule has 4 atom stereocenters. The molecule has 49 heavy (non-hydrogen) atoms. The number of aliphatic hydroxyl groups excluding tert-OH is 1. The number of amides is 3. The van der Waals surface area contributed by atoms with Crippen molar-refractivity contribution < 1.29 is 19.4 Å². The van der Waals surface area contributed by atoms with Gasteiger partial charge in [0.05, 0.1) is 36.7 Å². The molecule has 260 valence electrons.